The summed E-state index contributed by atoms with van der Waals surface area (Å²) in [6, 6.07) is 5.23. The molecule has 6 nitrogen and oxygen atoms in total. The topological polar surface area (TPSA) is 94.9 Å². The van der Waals surface area contributed by atoms with E-state index in [0.717, 1.165) is 4.90 Å². The highest BCUT2D eigenvalue weighted by Gasteiger charge is 2.18. The van der Waals surface area contributed by atoms with Crippen LogP contribution in [0.3, 0.4) is 0 Å². The van der Waals surface area contributed by atoms with Crippen molar-refractivity contribution >= 4 is 17.8 Å². The van der Waals surface area contributed by atoms with E-state index in [4.69, 9.17) is 10.2 Å². The highest BCUT2D eigenvalue weighted by Crippen LogP contribution is 2.06. The number of rotatable bonds is 7. The molecule has 7 heteroatoms. The molecule has 1 rings (SSSR count). The van der Waals surface area contributed by atoms with Crippen molar-refractivity contribution in [2.24, 2.45) is 0 Å². The lowest BCUT2D eigenvalue weighted by atomic mass is 10.1. The number of amides is 1. The Balaban J connectivity index is 2.68. The second-order valence-electron chi connectivity index (χ2n) is 4.16. The summed E-state index contributed by atoms with van der Waals surface area (Å²) in [5.41, 5.74) is 0.530. The van der Waals surface area contributed by atoms with Crippen LogP contribution in [-0.2, 0) is 20.8 Å². The smallest absolute Gasteiger partial charge is 0.323 e. The number of carbonyl (C=O) groups excluding carboxylic acids is 1. The molecule has 0 bridgehead atoms. The van der Waals surface area contributed by atoms with E-state index in [1.54, 1.807) is 0 Å². The molecule has 0 radical (unpaired) electrons. The Morgan fingerprint density at radius 2 is 1.65 bits per heavy atom. The average Bonchev–Trinajstić information content (AvgIpc) is 2.36. The first-order valence-electron chi connectivity index (χ1n) is 5.84. The van der Waals surface area contributed by atoms with Gasteiger partial charge in [-0.15, -0.1) is 0 Å². The fourth-order valence-electron chi connectivity index (χ4n) is 1.57. The molecule has 0 atom stereocenters. The molecular formula is C13H14FNO5. The second-order valence-corrected chi connectivity index (χ2v) is 4.16. The van der Waals surface area contributed by atoms with Gasteiger partial charge >= 0.3 is 11.9 Å². The first kappa shape index (κ1) is 15.6. The van der Waals surface area contributed by atoms with Crippen LogP contribution in [0, 0.1) is 5.82 Å². The summed E-state index contributed by atoms with van der Waals surface area (Å²) in [4.78, 5) is 34.0. The van der Waals surface area contributed by atoms with Crippen LogP contribution in [0.2, 0.25) is 0 Å². The van der Waals surface area contributed by atoms with Crippen molar-refractivity contribution < 1.29 is 29.0 Å². The van der Waals surface area contributed by atoms with Crippen LogP contribution in [0.15, 0.2) is 24.3 Å². The zero-order valence-electron chi connectivity index (χ0n) is 10.6. The minimum atomic E-state index is -1.22. The number of hydrogen-bond donors (Lipinski definition) is 2. The summed E-state index contributed by atoms with van der Waals surface area (Å²) >= 11 is 0. The van der Waals surface area contributed by atoms with Crippen LogP contribution < -0.4 is 0 Å². The predicted molar refractivity (Wildman–Crippen MR) is 66.6 cm³/mol. The molecule has 0 aliphatic heterocycles. The number of halogens is 1. The van der Waals surface area contributed by atoms with E-state index in [-0.39, 0.29) is 19.4 Å². The van der Waals surface area contributed by atoms with E-state index in [2.05, 4.69) is 0 Å². The summed E-state index contributed by atoms with van der Waals surface area (Å²) in [5, 5.41) is 17.3. The van der Waals surface area contributed by atoms with Gasteiger partial charge in [0.2, 0.25) is 5.91 Å². The highest BCUT2D eigenvalue weighted by atomic mass is 19.1. The Labute approximate surface area is 114 Å². The van der Waals surface area contributed by atoms with Gasteiger partial charge in [0.1, 0.15) is 12.4 Å². The van der Waals surface area contributed by atoms with Gasteiger partial charge in [-0.3, -0.25) is 14.4 Å². The number of carbonyl (C=O) groups is 3. The number of aliphatic carboxylic acids is 2. The summed E-state index contributed by atoms with van der Waals surface area (Å²) < 4.78 is 12.7. The minimum absolute atomic E-state index is 0.104. The van der Waals surface area contributed by atoms with Gasteiger partial charge in [0.05, 0.1) is 12.8 Å². The Kier molecular flexibility index (Phi) is 5.64. The molecule has 1 aromatic carbocycles. The van der Waals surface area contributed by atoms with E-state index in [0.29, 0.717) is 5.56 Å². The normalized spacial score (nSPS) is 10.1. The quantitative estimate of drug-likeness (QED) is 0.770. The van der Waals surface area contributed by atoms with Crippen molar-refractivity contribution in [1.29, 1.82) is 0 Å². The maximum atomic E-state index is 12.7. The molecule has 1 aromatic rings. The van der Waals surface area contributed by atoms with Gasteiger partial charge in [0.25, 0.3) is 0 Å². The molecule has 0 aromatic heterocycles. The average molecular weight is 283 g/mol. The fraction of sp³-hybridized carbons (Fsp3) is 0.308. The van der Waals surface area contributed by atoms with Crippen molar-refractivity contribution in [3.05, 3.63) is 35.6 Å². The van der Waals surface area contributed by atoms with Gasteiger partial charge in [0.15, 0.2) is 0 Å². The number of benzene rings is 1. The zero-order valence-corrected chi connectivity index (χ0v) is 10.6. The van der Waals surface area contributed by atoms with Crippen LogP contribution >= 0.6 is 0 Å². The lowest BCUT2D eigenvalue weighted by molar-refractivity contribution is -0.145. The molecule has 108 valence electrons. The first-order chi connectivity index (χ1) is 9.38. The Morgan fingerprint density at radius 1 is 1.05 bits per heavy atom. The summed E-state index contributed by atoms with van der Waals surface area (Å²) in [5.74, 6) is -3.28. The van der Waals surface area contributed by atoms with E-state index in [1.165, 1.54) is 24.3 Å². The van der Waals surface area contributed by atoms with Crippen LogP contribution in [0.4, 0.5) is 4.39 Å². The van der Waals surface area contributed by atoms with Gasteiger partial charge in [-0.05, 0) is 17.7 Å². The molecule has 20 heavy (non-hydrogen) atoms. The van der Waals surface area contributed by atoms with Crippen LogP contribution in [0.25, 0.3) is 0 Å². The van der Waals surface area contributed by atoms with Crippen molar-refractivity contribution in [2.75, 3.05) is 13.1 Å². The van der Waals surface area contributed by atoms with Crippen molar-refractivity contribution in [2.45, 2.75) is 12.8 Å². The molecule has 0 heterocycles. The van der Waals surface area contributed by atoms with E-state index in [1.807, 2.05) is 0 Å². The number of carboxylic acids is 2. The second kappa shape index (κ2) is 7.22. The SMILES string of the molecule is O=C(O)CCN(CC(=O)O)C(=O)Cc1ccc(F)cc1. The van der Waals surface area contributed by atoms with E-state index >= 15 is 0 Å². The number of nitrogens with zero attached hydrogens (tertiary/aromatic N) is 1. The molecule has 1 amide bonds. The predicted octanol–water partition coefficient (Wildman–Crippen LogP) is 0.756. The van der Waals surface area contributed by atoms with Crippen LogP contribution in [0.5, 0.6) is 0 Å². The lowest BCUT2D eigenvalue weighted by Crippen LogP contribution is -2.38. The molecule has 0 saturated carbocycles. The largest absolute Gasteiger partial charge is 0.481 e. The number of carboxylic acid groups (broad SMARTS) is 2. The Morgan fingerprint density at radius 3 is 2.15 bits per heavy atom. The molecule has 0 unspecified atom stereocenters. The molecule has 0 aliphatic rings. The zero-order chi connectivity index (χ0) is 15.1. The molecule has 0 fully saturated rings. The van der Waals surface area contributed by atoms with Crippen molar-refractivity contribution in [1.82, 2.24) is 4.90 Å². The van der Waals surface area contributed by atoms with Crippen LogP contribution in [-0.4, -0.2) is 46.0 Å². The monoisotopic (exact) mass is 283 g/mol. The Hall–Kier alpha value is -2.44. The number of hydrogen-bond acceptors (Lipinski definition) is 3. The summed E-state index contributed by atoms with van der Waals surface area (Å²) in [7, 11) is 0. The minimum Gasteiger partial charge on any atom is -0.481 e. The molecule has 0 saturated heterocycles. The van der Waals surface area contributed by atoms with Gasteiger partial charge in [0, 0.05) is 6.54 Å². The first-order valence-corrected chi connectivity index (χ1v) is 5.84. The van der Waals surface area contributed by atoms with E-state index < -0.39 is 30.2 Å². The van der Waals surface area contributed by atoms with Crippen molar-refractivity contribution in [3.63, 3.8) is 0 Å². The third kappa shape index (κ3) is 5.47. The maximum Gasteiger partial charge on any atom is 0.323 e. The summed E-state index contributed by atoms with van der Waals surface area (Å²) in [6.45, 7) is -0.741. The molecule has 2 N–H and O–H groups in total. The van der Waals surface area contributed by atoms with Crippen LogP contribution in [0.1, 0.15) is 12.0 Å². The fourth-order valence-corrected chi connectivity index (χ4v) is 1.57. The van der Waals surface area contributed by atoms with E-state index in [9.17, 15) is 18.8 Å². The maximum absolute atomic E-state index is 12.7. The van der Waals surface area contributed by atoms with Gasteiger partial charge in [-0.25, -0.2) is 4.39 Å². The van der Waals surface area contributed by atoms with Gasteiger partial charge < -0.3 is 15.1 Å². The summed E-state index contributed by atoms with van der Waals surface area (Å²) in [6.07, 6.45) is -0.435. The standard InChI is InChI=1S/C13H14FNO5/c14-10-3-1-9(2-4-10)7-11(16)15(8-13(19)20)6-5-12(17)18/h1-4H,5-8H2,(H,17,18)(H,19,20). The lowest BCUT2D eigenvalue weighted by Gasteiger charge is -2.19. The molecular weight excluding hydrogens is 269 g/mol. The third-order valence-electron chi connectivity index (χ3n) is 2.54. The molecule has 0 spiro atoms. The third-order valence-corrected chi connectivity index (χ3v) is 2.54. The van der Waals surface area contributed by atoms with Gasteiger partial charge in [-0.1, -0.05) is 12.1 Å². The highest BCUT2D eigenvalue weighted by molar-refractivity contribution is 5.83. The van der Waals surface area contributed by atoms with Gasteiger partial charge in [-0.2, -0.15) is 0 Å². The Bertz CT molecular complexity index is 500. The molecule has 0 aliphatic carbocycles. The van der Waals surface area contributed by atoms with Crippen molar-refractivity contribution in [3.8, 4) is 0 Å².